The van der Waals surface area contributed by atoms with E-state index in [2.05, 4.69) is 5.32 Å². The number of benzene rings is 1. The molecular formula is C15H16N2O4. The van der Waals surface area contributed by atoms with Crippen LogP contribution in [0.15, 0.2) is 18.2 Å². The van der Waals surface area contributed by atoms with Crippen LogP contribution in [0.1, 0.15) is 28.8 Å². The molecule has 110 valence electrons. The van der Waals surface area contributed by atoms with Crippen molar-refractivity contribution in [1.29, 1.82) is 0 Å². The molecule has 3 rings (SSSR count). The van der Waals surface area contributed by atoms with Crippen LogP contribution in [0, 0.1) is 5.92 Å². The van der Waals surface area contributed by atoms with E-state index in [-0.39, 0.29) is 23.3 Å². The van der Waals surface area contributed by atoms with Crippen LogP contribution < -0.4 is 10.2 Å². The highest BCUT2D eigenvalue weighted by atomic mass is 16.4. The number of carboxylic acid groups (broad SMARTS) is 1. The number of nitrogens with one attached hydrogen (secondary N) is 1. The number of piperidine rings is 1. The molecule has 2 N–H and O–H groups in total. The summed E-state index contributed by atoms with van der Waals surface area (Å²) in [7, 11) is 0. The van der Waals surface area contributed by atoms with Gasteiger partial charge in [0.1, 0.15) is 0 Å². The van der Waals surface area contributed by atoms with E-state index in [1.807, 2.05) is 0 Å². The Morgan fingerprint density at radius 2 is 2.10 bits per heavy atom. The van der Waals surface area contributed by atoms with Crippen molar-refractivity contribution >= 4 is 23.5 Å². The van der Waals surface area contributed by atoms with Crippen molar-refractivity contribution in [3.8, 4) is 0 Å². The number of nitrogens with zero attached hydrogens (tertiary/aromatic N) is 1. The number of aromatic carboxylic acids is 1. The third-order valence-electron chi connectivity index (χ3n) is 4.10. The lowest BCUT2D eigenvalue weighted by molar-refractivity contribution is -0.127. The smallest absolute Gasteiger partial charge is 0.335 e. The van der Waals surface area contributed by atoms with Crippen molar-refractivity contribution in [2.24, 2.45) is 5.92 Å². The predicted octanol–water partition coefficient (Wildman–Crippen LogP) is 0.800. The average Bonchev–Trinajstić information content (AvgIpc) is 2.90. The van der Waals surface area contributed by atoms with Crippen LogP contribution in [0.2, 0.25) is 0 Å². The Labute approximate surface area is 121 Å². The molecule has 0 saturated carbocycles. The van der Waals surface area contributed by atoms with Crippen LogP contribution in [0.5, 0.6) is 0 Å². The first-order valence-electron chi connectivity index (χ1n) is 7.00. The number of hydrogen-bond acceptors (Lipinski definition) is 3. The minimum absolute atomic E-state index is 0.00743. The molecule has 0 aromatic heterocycles. The quantitative estimate of drug-likeness (QED) is 0.842. The lowest BCUT2D eigenvalue weighted by Gasteiger charge is -2.27. The van der Waals surface area contributed by atoms with Crippen LogP contribution in [0.3, 0.4) is 0 Å². The first kappa shape index (κ1) is 13.6. The molecule has 0 radical (unpaired) electrons. The molecule has 1 aromatic carbocycles. The van der Waals surface area contributed by atoms with Crippen molar-refractivity contribution in [2.75, 3.05) is 18.0 Å². The highest BCUT2D eigenvalue weighted by Gasteiger charge is 2.32. The summed E-state index contributed by atoms with van der Waals surface area (Å²) in [5.41, 5.74) is 1.93. The second kappa shape index (κ2) is 5.20. The Morgan fingerprint density at radius 3 is 2.76 bits per heavy atom. The molecule has 1 aromatic rings. The maximum absolute atomic E-state index is 12.5. The van der Waals surface area contributed by atoms with Crippen molar-refractivity contribution in [1.82, 2.24) is 5.32 Å². The van der Waals surface area contributed by atoms with Crippen molar-refractivity contribution < 1.29 is 19.5 Å². The summed E-state index contributed by atoms with van der Waals surface area (Å²) in [5, 5.41) is 11.7. The Hall–Kier alpha value is -2.37. The summed E-state index contributed by atoms with van der Waals surface area (Å²) in [6, 6.07) is 4.86. The van der Waals surface area contributed by atoms with Gasteiger partial charge in [0.15, 0.2) is 0 Å². The van der Waals surface area contributed by atoms with Gasteiger partial charge in [0.05, 0.1) is 11.5 Å². The second-order valence-electron chi connectivity index (χ2n) is 5.43. The largest absolute Gasteiger partial charge is 0.478 e. The van der Waals surface area contributed by atoms with Gasteiger partial charge < -0.3 is 15.3 Å². The van der Waals surface area contributed by atoms with Gasteiger partial charge in [-0.3, -0.25) is 9.59 Å². The Bertz CT molecular complexity index is 616. The number of anilines is 1. The second-order valence-corrected chi connectivity index (χ2v) is 5.43. The van der Waals surface area contributed by atoms with Crippen LogP contribution >= 0.6 is 0 Å². The lowest BCUT2D eigenvalue weighted by Crippen LogP contribution is -2.44. The normalized spacial score (nSPS) is 20.9. The van der Waals surface area contributed by atoms with Gasteiger partial charge in [0.2, 0.25) is 11.8 Å². The molecule has 1 saturated heterocycles. The van der Waals surface area contributed by atoms with Gasteiger partial charge in [0.25, 0.3) is 0 Å². The number of carbonyl (C=O) groups is 3. The highest BCUT2D eigenvalue weighted by molar-refractivity contribution is 5.99. The molecule has 1 fully saturated rings. The van der Waals surface area contributed by atoms with Gasteiger partial charge in [-0.25, -0.2) is 4.79 Å². The summed E-state index contributed by atoms with van der Waals surface area (Å²) in [6.07, 6.45) is 1.63. The molecule has 2 aliphatic heterocycles. The monoisotopic (exact) mass is 288 g/mol. The average molecular weight is 288 g/mol. The first-order valence-corrected chi connectivity index (χ1v) is 7.00. The Morgan fingerprint density at radius 1 is 1.29 bits per heavy atom. The van der Waals surface area contributed by atoms with E-state index in [0.717, 1.165) is 11.3 Å². The van der Waals surface area contributed by atoms with Gasteiger partial charge in [-0.1, -0.05) is 0 Å². The molecule has 1 atom stereocenters. The zero-order valence-electron chi connectivity index (χ0n) is 11.5. The number of carboxylic acids is 1. The topological polar surface area (TPSA) is 86.7 Å². The maximum Gasteiger partial charge on any atom is 0.335 e. The van der Waals surface area contributed by atoms with E-state index in [1.54, 1.807) is 17.0 Å². The van der Waals surface area contributed by atoms with Crippen molar-refractivity contribution in [3.63, 3.8) is 0 Å². The summed E-state index contributed by atoms with van der Waals surface area (Å²) in [6.45, 7) is 0.957. The third-order valence-corrected chi connectivity index (χ3v) is 4.10. The summed E-state index contributed by atoms with van der Waals surface area (Å²) in [4.78, 5) is 36.4. The SMILES string of the molecule is O=C1CCC(C(=O)N2CCc3cc(C(=O)O)ccc32)CN1. The Balaban J connectivity index is 1.79. The van der Waals surface area contributed by atoms with E-state index >= 15 is 0 Å². The van der Waals surface area contributed by atoms with Crippen LogP contribution in [-0.4, -0.2) is 36.0 Å². The lowest BCUT2D eigenvalue weighted by atomic mass is 9.97. The summed E-state index contributed by atoms with van der Waals surface area (Å²) in [5.74, 6) is -1.14. The minimum atomic E-state index is -0.961. The number of hydrogen-bond donors (Lipinski definition) is 2. The summed E-state index contributed by atoms with van der Waals surface area (Å²) < 4.78 is 0. The molecule has 6 heteroatoms. The maximum atomic E-state index is 12.5. The fraction of sp³-hybridized carbons (Fsp3) is 0.400. The number of rotatable bonds is 2. The number of fused-ring (bicyclic) bond motifs is 1. The zero-order chi connectivity index (χ0) is 15.0. The van der Waals surface area contributed by atoms with E-state index in [4.69, 9.17) is 5.11 Å². The van der Waals surface area contributed by atoms with Gasteiger partial charge in [-0.05, 0) is 36.6 Å². The zero-order valence-corrected chi connectivity index (χ0v) is 11.5. The molecule has 0 aliphatic carbocycles. The molecule has 2 aliphatic rings. The molecular weight excluding hydrogens is 272 g/mol. The molecule has 1 unspecified atom stereocenters. The molecule has 21 heavy (non-hydrogen) atoms. The minimum Gasteiger partial charge on any atom is -0.478 e. The predicted molar refractivity (Wildman–Crippen MR) is 75.2 cm³/mol. The number of carbonyl (C=O) groups excluding carboxylic acids is 2. The fourth-order valence-electron chi connectivity index (χ4n) is 2.93. The van der Waals surface area contributed by atoms with Crippen LogP contribution in [0.4, 0.5) is 5.69 Å². The molecule has 0 bridgehead atoms. The molecule has 2 amide bonds. The van der Waals surface area contributed by atoms with Crippen molar-refractivity contribution in [2.45, 2.75) is 19.3 Å². The van der Waals surface area contributed by atoms with Gasteiger partial charge in [0, 0.05) is 25.2 Å². The van der Waals surface area contributed by atoms with E-state index in [0.29, 0.717) is 32.4 Å². The van der Waals surface area contributed by atoms with Crippen LogP contribution in [-0.2, 0) is 16.0 Å². The number of amides is 2. The van der Waals surface area contributed by atoms with E-state index in [9.17, 15) is 14.4 Å². The third kappa shape index (κ3) is 2.49. The van der Waals surface area contributed by atoms with Crippen molar-refractivity contribution in [3.05, 3.63) is 29.3 Å². The highest BCUT2D eigenvalue weighted by Crippen LogP contribution is 2.31. The van der Waals surface area contributed by atoms with Gasteiger partial charge in [-0.2, -0.15) is 0 Å². The van der Waals surface area contributed by atoms with Gasteiger partial charge >= 0.3 is 5.97 Å². The van der Waals surface area contributed by atoms with E-state index in [1.165, 1.54) is 6.07 Å². The molecule has 2 heterocycles. The molecule has 0 spiro atoms. The summed E-state index contributed by atoms with van der Waals surface area (Å²) >= 11 is 0. The van der Waals surface area contributed by atoms with Crippen LogP contribution in [0.25, 0.3) is 0 Å². The van der Waals surface area contributed by atoms with E-state index < -0.39 is 5.97 Å². The first-order chi connectivity index (χ1) is 10.1. The Kier molecular flexibility index (Phi) is 3.37. The fourth-order valence-corrected chi connectivity index (χ4v) is 2.93. The standard InChI is InChI=1S/C15H16N2O4/c18-13-4-2-11(8-16-13)14(19)17-6-5-9-7-10(15(20)21)1-3-12(9)17/h1,3,7,11H,2,4-6,8H2,(H,16,18)(H,20,21). The molecule has 6 nitrogen and oxygen atoms in total. The van der Waals surface area contributed by atoms with Gasteiger partial charge in [-0.15, -0.1) is 0 Å².